The van der Waals surface area contributed by atoms with Crippen molar-refractivity contribution in [1.29, 1.82) is 0 Å². The van der Waals surface area contributed by atoms with Crippen molar-refractivity contribution in [3.63, 3.8) is 0 Å². The maximum Gasteiger partial charge on any atom is 0.0341 e. The number of rotatable bonds is 8. The average Bonchev–Trinajstić information content (AvgIpc) is 2.43. The number of aryl methyl sites for hydroxylation is 1. The Kier molecular flexibility index (Phi) is 7.40. The van der Waals surface area contributed by atoms with E-state index in [9.17, 15) is 0 Å². The van der Waals surface area contributed by atoms with Gasteiger partial charge in [0.1, 0.15) is 0 Å². The highest BCUT2D eigenvalue weighted by Gasteiger charge is 2.10. The minimum atomic E-state index is 0.358. The fourth-order valence-corrected chi connectivity index (χ4v) is 2.77. The molecule has 0 fully saturated rings. The Morgan fingerprint density at radius 2 is 1.78 bits per heavy atom. The van der Waals surface area contributed by atoms with Crippen LogP contribution in [0.4, 0.5) is 0 Å². The van der Waals surface area contributed by atoms with Crippen LogP contribution in [0.25, 0.3) is 0 Å². The SMILES string of the molecule is CCc1ccc(CC(CSC(C)CC)NN)cc1. The van der Waals surface area contributed by atoms with E-state index in [1.807, 2.05) is 11.8 Å². The predicted molar refractivity (Wildman–Crippen MR) is 82.8 cm³/mol. The van der Waals surface area contributed by atoms with Crippen LogP contribution in [0.2, 0.25) is 0 Å². The number of benzene rings is 1. The van der Waals surface area contributed by atoms with Crippen LogP contribution in [-0.2, 0) is 12.8 Å². The molecule has 0 aliphatic rings. The van der Waals surface area contributed by atoms with Crippen LogP contribution >= 0.6 is 11.8 Å². The minimum Gasteiger partial charge on any atom is -0.271 e. The lowest BCUT2D eigenvalue weighted by atomic mass is 10.0. The van der Waals surface area contributed by atoms with E-state index in [-0.39, 0.29) is 0 Å². The first-order valence-corrected chi connectivity index (χ1v) is 7.90. The van der Waals surface area contributed by atoms with Gasteiger partial charge in [0.25, 0.3) is 0 Å². The molecule has 2 nitrogen and oxygen atoms in total. The Balaban J connectivity index is 2.46. The van der Waals surface area contributed by atoms with Crippen LogP contribution < -0.4 is 11.3 Å². The Hall–Kier alpha value is -0.510. The zero-order chi connectivity index (χ0) is 13.4. The van der Waals surface area contributed by atoms with Crippen LogP contribution in [0.5, 0.6) is 0 Å². The quantitative estimate of drug-likeness (QED) is 0.561. The highest BCUT2D eigenvalue weighted by atomic mass is 32.2. The Bertz CT molecular complexity index is 324. The molecule has 0 bridgehead atoms. The van der Waals surface area contributed by atoms with Gasteiger partial charge in [0, 0.05) is 17.0 Å². The van der Waals surface area contributed by atoms with E-state index in [0.717, 1.165) is 18.6 Å². The van der Waals surface area contributed by atoms with Gasteiger partial charge in [-0.25, -0.2) is 0 Å². The molecular formula is C15H26N2S. The van der Waals surface area contributed by atoms with E-state index in [1.165, 1.54) is 17.5 Å². The van der Waals surface area contributed by atoms with Gasteiger partial charge in [-0.05, 0) is 30.4 Å². The maximum absolute atomic E-state index is 5.64. The monoisotopic (exact) mass is 266 g/mol. The summed E-state index contributed by atoms with van der Waals surface area (Å²) >= 11 is 1.99. The Morgan fingerprint density at radius 1 is 1.17 bits per heavy atom. The summed E-state index contributed by atoms with van der Waals surface area (Å²) < 4.78 is 0. The maximum atomic E-state index is 5.64. The topological polar surface area (TPSA) is 38.0 Å². The lowest BCUT2D eigenvalue weighted by Gasteiger charge is -2.18. The number of thioether (sulfide) groups is 1. The molecule has 3 N–H and O–H groups in total. The van der Waals surface area contributed by atoms with Crippen molar-refractivity contribution < 1.29 is 0 Å². The third-order valence-corrected chi connectivity index (χ3v) is 4.80. The van der Waals surface area contributed by atoms with E-state index < -0.39 is 0 Å². The molecule has 102 valence electrons. The second-order valence-electron chi connectivity index (χ2n) is 4.79. The molecule has 2 atom stereocenters. The van der Waals surface area contributed by atoms with Crippen LogP contribution in [-0.4, -0.2) is 17.0 Å². The van der Waals surface area contributed by atoms with Crippen molar-refractivity contribution in [3.05, 3.63) is 35.4 Å². The lowest BCUT2D eigenvalue weighted by molar-refractivity contribution is 0.574. The molecule has 18 heavy (non-hydrogen) atoms. The molecule has 0 aromatic heterocycles. The number of hydrogen-bond donors (Lipinski definition) is 2. The predicted octanol–water partition coefficient (Wildman–Crippen LogP) is 3.16. The van der Waals surface area contributed by atoms with Crippen molar-refractivity contribution in [1.82, 2.24) is 5.43 Å². The number of hydrazine groups is 1. The molecule has 1 aromatic carbocycles. The summed E-state index contributed by atoms with van der Waals surface area (Å²) in [4.78, 5) is 0. The molecule has 0 aliphatic carbocycles. The summed E-state index contributed by atoms with van der Waals surface area (Å²) in [5, 5.41) is 0.711. The van der Waals surface area contributed by atoms with Gasteiger partial charge in [0.05, 0.1) is 0 Å². The summed E-state index contributed by atoms with van der Waals surface area (Å²) in [5.41, 5.74) is 5.69. The zero-order valence-electron chi connectivity index (χ0n) is 11.8. The summed E-state index contributed by atoms with van der Waals surface area (Å²) in [7, 11) is 0. The third-order valence-electron chi connectivity index (χ3n) is 3.31. The van der Waals surface area contributed by atoms with E-state index in [2.05, 4.69) is 50.5 Å². The molecule has 1 aromatic rings. The molecular weight excluding hydrogens is 240 g/mol. The van der Waals surface area contributed by atoms with Gasteiger partial charge >= 0.3 is 0 Å². The number of nitrogens with two attached hydrogens (primary N) is 1. The van der Waals surface area contributed by atoms with E-state index in [0.29, 0.717) is 11.3 Å². The van der Waals surface area contributed by atoms with Crippen molar-refractivity contribution in [2.45, 2.75) is 51.3 Å². The Labute approximate surface area is 116 Å². The van der Waals surface area contributed by atoms with Gasteiger partial charge in [-0.15, -0.1) is 0 Å². The zero-order valence-corrected chi connectivity index (χ0v) is 12.6. The largest absolute Gasteiger partial charge is 0.271 e. The van der Waals surface area contributed by atoms with Crippen molar-refractivity contribution >= 4 is 11.8 Å². The molecule has 0 saturated heterocycles. The first-order valence-electron chi connectivity index (χ1n) is 6.85. The minimum absolute atomic E-state index is 0.358. The lowest BCUT2D eigenvalue weighted by Crippen LogP contribution is -2.39. The standard InChI is InChI=1S/C15H26N2S/c1-4-12(3)18-11-15(17-16)10-14-8-6-13(5-2)7-9-14/h6-9,12,15,17H,4-5,10-11,16H2,1-3H3. The molecule has 0 heterocycles. The second-order valence-corrected chi connectivity index (χ2v) is 6.26. The summed E-state index contributed by atoms with van der Waals surface area (Å²) in [6.45, 7) is 6.68. The van der Waals surface area contributed by atoms with Gasteiger partial charge in [-0.3, -0.25) is 11.3 Å². The van der Waals surface area contributed by atoms with Crippen molar-refractivity contribution in [2.75, 3.05) is 5.75 Å². The van der Waals surface area contributed by atoms with Crippen molar-refractivity contribution in [2.24, 2.45) is 5.84 Å². The molecule has 2 unspecified atom stereocenters. The molecule has 1 rings (SSSR count). The van der Waals surface area contributed by atoms with Gasteiger partial charge in [0.2, 0.25) is 0 Å². The summed E-state index contributed by atoms with van der Waals surface area (Å²) in [5.74, 6) is 6.71. The van der Waals surface area contributed by atoms with Crippen LogP contribution in [0.1, 0.15) is 38.3 Å². The second kappa shape index (κ2) is 8.57. The molecule has 0 amide bonds. The van der Waals surface area contributed by atoms with Crippen LogP contribution in [0.15, 0.2) is 24.3 Å². The van der Waals surface area contributed by atoms with E-state index in [4.69, 9.17) is 5.84 Å². The average molecular weight is 266 g/mol. The van der Waals surface area contributed by atoms with Crippen molar-refractivity contribution in [3.8, 4) is 0 Å². The summed E-state index contributed by atoms with van der Waals surface area (Å²) in [6, 6.07) is 9.22. The molecule has 0 aliphatic heterocycles. The first kappa shape index (κ1) is 15.5. The van der Waals surface area contributed by atoms with E-state index >= 15 is 0 Å². The normalized spacial score (nSPS) is 14.4. The molecule has 0 radical (unpaired) electrons. The smallest absolute Gasteiger partial charge is 0.0341 e. The highest BCUT2D eigenvalue weighted by molar-refractivity contribution is 7.99. The van der Waals surface area contributed by atoms with Gasteiger partial charge in [-0.1, -0.05) is 45.0 Å². The number of nitrogens with one attached hydrogen (secondary N) is 1. The fourth-order valence-electron chi connectivity index (χ4n) is 1.76. The van der Waals surface area contributed by atoms with E-state index in [1.54, 1.807) is 0 Å². The highest BCUT2D eigenvalue weighted by Crippen LogP contribution is 2.16. The molecule has 0 spiro atoms. The van der Waals surface area contributed by atoms with Crippen LogP contribution in [0, 0.1) is 0 Å². The number of hydrogen-bond acceptors (Lipinski definition) is 3. The Morgan fingerprint density at radius 3 is 2.28 bits per heavy atom. The fraction of sp³-hybridized carbons (Fsp3) is 0.600. The van der Waals surface area contributed by atoms with Gasteiger partial charge in [0.15, 0.2) is 0 Å². The van der Waals surface area contributed by atoms with Gasteiger partial charge < -0.3 is 0 Å². The third kappa shape index (κ3) is 5.42. The first-order chi connectivity index (χ1) is 8.69. The molecule has 3 heteroatoms. The van der Waals surface area contributed by atoms with Gasteiger partial charge in [-0.2, -0.15) is 11.8 Å². The van der Waals surface area contributed by atoms with Crippen LogP contribution in [0.3, 0.4) is 0 Å². The molecule has 0 saturated carbocycles. The summed E-state index contributed by atoms with van der Waals surface area (Å²) in [6.07, 6.45) is 3.32.